The predicted molar refractivity (Wildman–Crippen MR) is 147 cm³/mol. The summed E-state index contributed by atoms with van der Waals surface area (Å²) in [5.74, 6) is 1.39. The summed E-state index contributed by atoms with van der Waals surface area (Å²) < 4.78 is 0. The fraction of sp³-hybridized carbons (Fsp3) is 0.656. The lowest BCUT2D eigenvalue weighted by Gasteiger charge is -2.35. The SMILES string of the molecule is CCCCCCCC[C@]1(C#N)CC[C@H](c2ccc(-c3ncc(CCCCCCC)cn3)cc2)CC1. The van der Waals surface area contributed by atoms with Gasteiger partial charge in [-0.1, -0.05) is 102 Å². The lowest BCUT2D eigenvalue weighted by molar-refractivity contribution is 0.223. The number of rotatable bonds is 15. The third kappa shape index (κ3) is 8.75. The zero-order valence-corrected chi connectivity index (χ0v) is 22.4. The van der Waals surface area contributed by atoms with Gasteiger partial charge in [0.25, 0.3) is 0 Å². The third-order valence-electron chi connectivity index (χ3n) is 8.10. The molecule has 3 nitrogen and oxygen atoms in total. The first-order chi connectivity index (χ1) is 17.2. The van der Waals surface area contributed by atoms with E-state index in [0.29, 0.717) is 5.92 Å². The number of nitriles is 1. The maximum absolute atomic E-state index is 9.94. The van der Waals surface area contributed by atoms with Gasteiger partial charge >= 0.3 is 0 Å². The van der Waals surface area contributed by atoms with Crippen LogP contribution >= 0.6 is 0 Å². The molecule has 1 aliphatic carbocycles. The van der Waals surface area contributed by atoms with Crippen LogP contribution in [0.1, 0.15) is 134 Å². The Morgan fingerprint density at radius 1 is 0.800 bits per heavy atom. The van der Waals surface area contributed by atoms with Crippen LogP contribution in [0.3, 0.4) is 0 Å². The van der Waals surface area contributed by atoms with E-state index in [-0.39, 0.29) is 5.41 Å². The molecule has 1 aromatic heterocycles. The number of aromatic nitrogens is 2. The quantitative estimate of drug-likeness (QED) is 0.242. The summed E-state index contributed by atoms with van der Waals surface area (Å²) in [4.78, 5) is 9.28. The van der Waals surface area contributed by atoms with Crippen molar-refractivity contribution in [1.29, 1.82) is 5.26 Å². The van der Waals surface area contributed by atoms with Crippen LogP contribution in [0.25, 0.3) is 11.4 Å². The van der Waals surface area contributed by atoms with Gasteiger partial charge in [-0.2, -0.15) is 5.26 Å². The summed E-state index contributed by atoms with van der Waals surface area (Å²) in [7, 11) is 0. The predicted octanol–water partition coefficient (Wildman–Crippen LogP) is 9.57. The van der Waals surface area contributed by atoms with Gasteiger partial charge in [-0.15, -0.1) is 0 Å². The van der Waals surface area contributed by atoms with Crippen LogP contribution in [-0.4, -0.2) is 9.97 Å². The van der Waals surface area contributed by atoms with Crippen molar-refractivity contribution in [1.82, 2.24) is 9.97 Å². The second-order valence-electron chi connectivity index (χ2n) is 10.9. The number of benzene rings is 1. The van der Waals surface area contributed by atoms with Crippen molar-refractivity contribution in [3.8, 4) is 17.5 Å². The number of unbranched alkanes of at least 4 members (excludes halogenated alkanes) is 9. The number of aryl methyl sites for hydroxylation is 1. The van der Waals surface area contributed by atoms with E-state index < -0.39 is 0 Å². The molecule has 1 saturated carbocycles. The highest BCUT2D eigenvalue weighted by atomic mass is 14.9. The molecule has 190 valence electrons. The van der Waals surface area contributed by atoms with Gasteiger partial charge in [0, 0.05) is 18.0 Å². The van der Waals surface area contributed by atoms with Crippen molar-refractivity contribution in [3.63, 3.8) is 0 Å². The van der Waals surface area contributed by atoms with Gasteiger partial charge in [0.2, 0.25) is 0 Å². The molecular formula is C32H47N3. The topological polar surface area (TPSA) is 49.6 Å². The van der Waals surface area contributed by atoms with Crippen molar-refractivity contribution in [3.05, 3.63) is 47.8 Å². The summed E-state index contributed by atoms with van der Waals surface area (Å²) in [6.07, 6.45) is 24.8. The summed E-state index contributed by atoms with van der Waals surface area (Å²) in [6, 6.07) is 11.6. The average Bonchev–Trinajstić information content (AvgIpc) is 2.91. The molecule has 0 atom stereocenters. The van der Waals surface area contributed by atoms with E-state index in [1.807, 2.05) is 12.4 Å². The molecule has 0 amide bonds. The molecule has 0 radical (unpaired) electrons. The van der Waals surface area contributed by atoms with Crippen molar-refractivity contribution in [2.24, 2.45) is 5.41 Å². The first kappa shape index (κ1) is 27.4. The minimum atomic E-state index is -0.0766. The monoisotopic (exact) mass is 473 g/mol. The molecule has 0 bridgehead atoms. The van der Waals surface area contributed by atoms with Crippen LogP contribution in [0.5, 0.6) is 0 Å². The van der Waals surface area contributed by atoms with Crippen molar-refractivity contribution >= 4 is 0 Å². The normalized spacial score (nSPS) is 20.0. The van der Waals surface area contributed by atoms with Gasteiger partial charge in [-0.25, -0.2) is 9.97 Å². The Morgan fingerprint density at radius 3 is 1.97 bits per heavy atom. The molecule has 1 heterocycles. The Kier molecular flexibility index (Phi) is 11.8. The molecule has 2 aromatic rings. The maximum atomic E-state index is 9.94. The second-order valence-corrected chi connectivity index (χ2v) is 10.9. The molecule has 1 fully saturated rings. The molecule has 35 heavy (non-hydrogen) atoms. The summed E-state index contributed by atoms with van der Waals surface area (Å²) in [6.45, 7) is 4.52. The molecular weight excluding hydrogens is 426 g/mol. The van der Waals surface area contributed by atoms with Crippen LogP contribution < -0.4 is 0 Å². The zero-order chi connectivity index (χ0) is 24.8. The van der Waals surface area contributed by atoms with E-state index in [4.69, 9.17) is 0 Å². The van der Waals surface area contributed by atoms with Crippen LogP contribution in [-0.2, 0) is 6.42 Å². The van der Waals surface area contributed by atoms with E-state index in [9.17, 15) is 5.26 Å². The molecule has 0 aliphatic heterocycles. The lowest BCUT2D eigenvalue weighted by atomic mass is 9.67. The molecule has 0 unspecified atom stereocenters. The van der Waals surface area contributed by atoms with E-state index in [0.717, 1.165) is 49.9 Å². The molecule has 1 aromatic carbocycles. The minimum absolute atomic E-state index is 0.0766. The standard InChI is InChI=1S/C32H47N3/c1-3-5-7-9-11-13-21-32(26-33)22-19-29(20-23-32)28-15-17-30(18-16-28)31-34-24-27(25-35-31)14-12-10-8-6-4-2/h15-18,24-25,29H,3-14,19-23H2,1-2H3/t29-,32-. The smallest absolute Gasteiger partial charge is 0.159 e. The third-order valence-corrected chi connectivity index (χ3v) is 8.10. The van der Waals surface area contributed by atoms with Gasteiger partial charge in [0.05, 0.1) is 11.5 Å². The fourth-order valence-corrected chi connectivity index (χ4v) is 5.64. The number of hydrogen-bond donors (Lipinski definition) is 0. The molecule has 0 N–H and O–H groups in total. The van der Waals surface area contributed by atoms with Crippen molar-refractivity contribution in [2.75, 3.05) is 0 Å². The van der Waals surface area contributed by atoms with Gasteiger partial charge in [0.15, 0.2) is 5.82 Å². The highest BCUT2D eigenvalue weighted by molar-refractivity contribution is 5.55. The number of nitrogens with zero attached hydrogens (tertiary/aromatic N) is 3. The highest BCUT2D eigenvalue weighted by Gasteiger charge is 2.35. The van der Waals surface area contributed by atoms with E-state index in [1.54, 1.807) is 0 Å². The van der Waals surface area contributed by atoms with E-state index in [2.05, 4.69) is 54.2 Å². The van der Waals surface area contributed by atoms with Gasteiger partial charge in [-0.05, 0) is 62.0 Å². The molecule has 0 spiro atoms. The number of hydrogen-bond acceptors (Lipinski definition) is 3. The van der Waals surface area contributed by atoms with E-state index in [1.165, 1.54) is 81.8 Å². The van der Waals surface area contributed by atoms with Crippen LogP contribution in [0.4, 0.5) is 0 Å². The summed E-state index contributed by atoms with van der Waals surface area (Å²) >= 11 is 0. The van der Waals surface area contributed by atoms with Gasteiger partial charge in [-0.3, -0.25) is 0 Å². The Balaban J connectivity index is 1.46. The van der Waals surface area contributed by atoms with Crippen LogP contribution in [0, 0.1) is 16.7 Å². The van der Waals surface area contributed by atoms with Crippen molar-refractivity contribution < 1.29 is 0 Å². The Morgan fingerprint density at radius 2 is 1.37 bits per heavy atom. The van der Waals surface area contributed by atoms with E-state index >= 15 is 0 Å². The fourth-order valence-electron chi connectivity index (χ4n) is 5.64. The molecule has 3 heteroatoms. The summed E-state index contributed by atoms with van der Waals surface area (Å²) in [5, 5.41) is 9.94. The zero-order valence-electron chi connectivity index (χ0n) is 22.4. The Labute approximate surface area is 214 Å². The largest absolute Gasteiger partial charge is 0.236 e. The van der Waals surface area contributed by atoms with Crippen LogP contribution in [0.2, 0.25) is 0 Å². The summed E-state index contributed by atoms with van der Waals surface area (Å²) in [5.41, 5.74) is 3.66. The molecule has 3 rings (SSSR count). The molecule has 1 aliphatic rings. The van der Waals surface area contributed by atoms with Crippen molar-refractivity contribution in [2.45, 2.75) is 129 Å². The highest BCUT2D eigenvalue weighted by Crippen LogP contribution is 2.45. The second kappa shape index (κ2) is 15.0. The lowest BCUT2D eigenvalue weighted by Crippen LogP contribution is -2.25. The van der Waals surface area contributed by atoms with Gasteiger partial charge in [0.1, 0.15) is 0 Å². The van der Waals surface area contributed by atoms with Crippen LogP contribution in [0.15, 0.2) is 36.7 Å². The molecule has 0 saturated heterocycles. The maximum Gasteiger partial charge on any atom is 0.159 e. The minimum Gasteiger partial charge on any atom is -0.236 e. The first-order valence-corrected chi connectivity index (χ1v) is 14.5. The van der Waals surface area contributed by atoms with Gasteiger partial charge < -0.3 is 0 Å². The first-order valence-electron chi connectivity index (χ1n) is 14.5. The average molecular weight is 474 g/mol. The Bertz CT molecular complexity index is 871. The Hall–Kier alpha value is -2.21.